The van der Waals surface area contributed by atoms with E-state index in [0.29, 0.717) is 42.6 Å². The highest BCUT2D eigenvalue weighted by molar-refractivity contribution is 7.15. The number of carbonyl (C=O) groups is 1. The summed E-state index contributed by atoms with van der Waals surface area (Å²) in [4.78, 5) is 16.6. The zero-order valence-corrected chi connectivity index (χ0v) is 19.9. The quantitative estimate of drug-likeness (QED) is 0.441. The van der Waals surface area contributed by atoms with Gasteiger partial charge in [0.15, 0.2) is 0 Å². The summed E-state index contributed by atoms with van der Waals surface area (Å²) in [6, 6.07) is 12.5. The van der Waals surface area contributed by atoms with Crippen LogP contribution in [0.15, 0.2) is 48.5 Å². The predicted molar refractivity (Wildman–Crippen MR) is 123 cm³/mol. The minimum Gasteiger partial charge on any atom is -0.488 e. The summed E-state index contributed by atoms with van der Waals surface area (Å²) in [7, 11) is 0. The molecule has 1 aromatic heterocycles. The first-order chi connectivity index (χ1) is 16.5. The van der Waals surface area contributed by atoms with Crippen molar-refractivity contribution in [3.63, 3.8) is 0 Å². The first kappa shape index (κ1) is 25.2. The lowest BCUT2D eigenvalue weighted by molar-refractivity contribution is -0.270. The number of carboxylic acid groups (broad SMARTS) is 1. The van der Waals surface area contributed by atoms with Crippen molar-refractivity contribution in [2.75, 3.05) is 13.2 Å². The van der Waals surface area contributed by atoms with Crippen LogP contribution in [0, 0.1) is 12.8 Å². The third-order valence-electron chi connectivity index (χ3n) is 5.75. The molecule has 3 aromatic rings. The van der Waals surface area contributed by atoms with Crippen LogP contribution >= 0.6 is 11.3 Å². The maximum atomic E-state index is 12.8. The molecule has 10 heteroatoms. The first-order valence-corrected chi connectivity index (χ1v) is 11.7. The van der Waals surface area contributed by atoms with Gasteiger partial charge < -0.3 is 19.3 Å². The number of aliphatic carboxylic acids is 1. The van der Waals surface area contributed by atoms with E-state index in [2.05, 4.69) is 4.98 Å². The number of nitrogens with zero attached hydrogens (tertiary/aromatic N) is 1. The number of hydrogen-bond donors (Lipinski definition) is 1. The number of thiazole rings is 1. The predicted octanol–water partition coefficient (Wildman–Crippen LogP) is 5.72. The molecule has 2 aromatic carbocycles. The summed E-state index contributed by atoms with van der Waals surface area (Å²) in [6.45, 7) is 4.13. The number of rotatable bonds is 7. The van der Waals surface area contributed by atoms with E-state index in [1.165, 1.54) is 30.4 Å². The lowest BCUT2D eigenvalue weighted by Crippen LogP contribution is -2.48. The van der Waals surface area contributed by atoms with Crippen molar-refractivity contribution < 1.29 is 37.3 Å². The van der Waals surface area contributed by atoms with E-state index in [4.69, 9.17) is 19.3 Å². The van der Waals surface area contributed by atoms with Crippen LogP contribution in [0.2, 0.25) is 0 Å². The van der Waals surface area contributed by atoms with E-state index in [9.17, 15) is 18.0 Å². The van der Waals surface area contributed by atoms with Gasteiger partial charge in [0.05, 0.1) is 29.3 Å². The number of alkyl halides is 3. The SMILES string of the molecule is Cc1nc(-c2ccc(C(F)(F)F)cc2)sc1COc1ccc(C[C@H]2CO[C@@](C)(C(=O)O)OC2)cc1. The second-order valence-electron chi connectivity index (χ2n) is 8.48. The molecule has 0 spiro atoms. The van der Waals surface area contributed by atoms with Gasteiger partial charge in [-0.2, -0.15) is 13.2 Å². The molecule has 1 saturated heterocycles. The minimum atomic E-state index is -4.37. The topological polar surface area (TPSA) is 77.9 Å². The highest BCUT2D eigenvalue weighted by Gasteiger charge is 2.40. The Morgan fingerprint density at radius 3 is 2.34 bits per heavy atom. The minimum absolute atomic E-state index is 0.0534. The Kier molecular flexibility index (Phi) is 7.16. The van der Waals surface area contributed by atoms with Crippen molar-refractivity contribution >= 4 is 17.3 Å². The number of ether oxygens (including phenoxy) is 3. The molecule has 0 atom stereocenters. The van der Waals surface area contributed by atoms with Crippen molar-refractivity contribution in [1.29, 1.82) is 0 Å². The number of hydrogen-bond acceptors (Lipinski definition) is 6. The molecule has 4 rings (SSSR count). The molecule has 186 valence electrons. The highest BCUT2D eigenvalue weighted by atomic mass is 32.1. The number of benzene rings is 2. The van der Waals surface area contributed by atoms with Crippen LogP contribution in [-0.4, -0.2) is 35.1 Å². The van der Waals surface area contributed by atoms with Crippen LogP contribution in [0.5, 0.6) is 5.75 Å². The van der Waals surface area contributed by atoms with E-state index in [1.807, 2.05) is 31.2 Å². The number of aromatic nitrogens is 1. The van der Waals surface area contributed by atoms with E-state index in [0.717, 1.165) is 28.3 Å². The standard InChI is InChI=1S/C25H24F3NO5S/c1-15-21(35-22(29-15)18-5-7-19(8-6-18)25(26,27)28)14-32-20-9-3-16(4-10-20)11-17-12-33-24(2,23(30)31)34-13-17/h3-10,17H,11-14H2,1-2H3,(H,30,31)/t17-,24+. The molecule has 1 fully saturated rings. The lowest BCUT2D eigenvalue weighted by Gasteiger charge is -2.34. The fraction of sp³-hybridized carbons (Fsp3) is 0.360. The summed E-state index contributed by atoms with van der Waals surface area (Å²) in [6.07, 6.45) is -3.69. The Hall–Kier alpha value is -2.95. The van der Waals surface area contributed by atoms with Crippen molar-refractivity contribution in [2.24, 2.45) is 5.92 Å². The molecular formula is C25H24F3NO5S. The third kappa shape index (κ3) is 6.01. The lowest BCUT2D eigenvalue weighted by atomic mass is 9.99. The molecule has 0 amide bonds. The van der Waals surface area contributed by atoms with Gasteiger partial charge in [-0.25, -0.2) is 9.78 Å². The van der Waals surface area contributed by atoms with Crippen molar-refractivity contribution in [2.45, 2.75) is 38.8 Å². The zero-order valence-electron chi connectivity index (χ0n) is 19.1. The maximum absolute atomic E-state index is 12.8. The van der Waals surface area contributed by atoms with Gasteiger partial charge in [-0.15, -0.1) is 11.3 Å². The fourth-order valence-corrected chi connectivity index (χ4v) is 4.56. The summed E-state index contributed by atoms with van der Waals surface area (Å²) in [5.41, 5.74) is 1.75. The van der Waals surface area contributed by atoms with Gasteiger partial charge in [0.25, 0.3) is 5.79 Å². The van der Waals surface area contributed by atoms with E-state index < -0.39 is 23.5 Å². The molecule has 0 aliphatic carbocycles. The van der Waals surface area contributed by atoms with Crippen LogP contribution in [0.1, 0.15) is 28.6 Å². The summed E-state index contributed by atoms with van der Waals surface area (Å²) >= 11 is 1.39. The second kappa shape index (κ2) is 9.96. The maximum Gasteiger partial charge on any atom is 0.416 e. The van der Waals surface area contributed by atoms with Crippen LogP contribution in [0.4, 0.5) is 13.2 Å². The van der Waals surface area contributed by atoms with Gasteiger partial charge in [-0.3, -0.25) is 0 Å². The van der Waals surface area contributed by atoms with Crippen molar-refractivity contribution in [3.05, 3.63) is 70.2 Å². The van der Waals surface area contributed by atoms with Gasteiger partial charge in [0.1, 0.15) is 17.4 Å². The molecule has 35 heavy (non-hydrogen) atoms. The van der Waals surface area contributed by atoms with Crippen LogP contribution < -0.4 is 4.74 Å². The highest BCUT2D eigenvalue weighted by Crippen LogP contribution is 2.33. The average Bonchev–Trinajstić information content (AvgIpc) is 3.20. The Balaban J connectivity index is 1.32. The molecule has 1 aliphatic heterocycles. The number of halogens is 3. The first-order valence-electron chi connectivity index (χ1n) is 10.9. The van der Waals surface area contributed by atoms with Gasteiger partial charge >= 0.3 is 12.1 Å². The molecule has 1 N–H and O–H groups in total. The molecule has 0 saturated carbocycles. The normalized spacial score (nSPS) is 20.5. The summed E-state index contributed by atoms with van der Waals surface area (Å²) in [5.74, 6) is -2.00. The molecular weight excluding hydrogens is 483 g/mol. The molecule has 0 bridgehead atoms. The van der Waals surface area contributed by atoms with E-state index >= 15 is 0 Å². The van der Waals surface area contributed by atoms with Crippen LogP contribution in [0.25, 0.3) is 10.6 Å². The van der Waals surface area contributed by atoms with Gasteiger partial charge in [-0.1, -0.05) is 24.3 Å². The molecule has 2 heterocycles. The Labute approximate surface area is 204 Å². The molecule has 0 unspecified atom stereocenters. The van der Waals surface area contributed by atoms with Crippen molar-refractivity contribution in [1.82, 2.24) is 4.98 Å². The Morgan fingerprint density at radius 2 is 1.77 bits per heavy atom. The van der Waals surface area contributed by atoms with Crippen LogP contribution in [-0.2, 0) is 33.5 Å². The third-order valence-corrected chi connectivity index (χ3v) is 6.93. The fourth-order valence-electron chi connectivity index (χ4n) is 3.58. The molecule has 1 aliphatic rings. The smallest absolute Gasteiger partial charge is 0.416 e. The van der Waals surface area contributed by atoms with Crippen molar-refractivity contribution in [3.8, 4) is 16.3 Å². The zero-order chi connectivity index (χ0) is 25.2. The summed E-state index contributed by atoms with van der Waals surface area (Å²) < 4.78 is 55.0. The second-order valence-corrected chi connectivity index (χ2v) is 9.56. The van der Waals surface area contributed by atoms with Gasteiger partial charge in [-0.05, 0) is 43.2 Å². The molecule has 0 radical (unpaired) electrons. The Morgan fingerprint density at radius 1 is 1.14 bits per heavy atom. The number of aryl methyl sites for hydroxylation is 1. The largest absolute Gasteiger partial charge is 0.488 e. The van der Waals surface area contributed by atoms with E-state index in [-0.39, 0.29) is 5.92 Å². The summed E-state index contributed by atoms with van der Waals surface area (Å²) in [5, 5.41) is 9.79. The molecule has 6 nitrogen and oxygen atoms in total. The average molecular weight is 508 g/mol. The number of carboxylic acids is 1. The van der Waals surface area contributed by atoms with Gasteiger partial charge in [0, 0.05) is 18.4 Å². The van der Waals surface area contributed by atoms with Gasteiger partial charge in [0.2, 0.25) is 0 Å². The van der Waals surface area contributed by atoms with Crippen LogP contribution in [0.3, 0.4) is 0 Å². The van der Waals surface area contributed by atoms with E-state index in [1.54, 1.807) is 0 Å². The Bertz CT molecular complexity index is 1170. The monoisotopic (exact) mass is 507 g/mol.